The van der Waals surface area contributed by atoms with Crippen molar-refractivity contribution >= 4 is 23.0 Å². The third kappa shape index (κ3) is 3.10. The molecule has 0 amide bonds. The molecule has 0 aliphatic carbocycles. The van der Waals surface area contributed by atoms with Crippen molar-refractivity contribution in [2.75, 3.05) is 24.6 Å². The quantitative estimate of drug-likeness (QED) is 0.685. The van der Waals surface area contributed by atoms with Gasteiger partial charge in [0.1, 0.15) is 16.5 Å². The molecule has 1 heterocycles. The molecule has 82 valence electrons. The highest BCUT2D eigenvalue weighted by molar-refractivity contribution is 7.80. The van der Waals surface area contributed by atoms with Crippen LogP contribution in [0.5, 0.6) is 0 Å². The van der Waals surface area contributed by atoms with Gasteiger partial charge in [0.15, 0.2) is 0 Å². The molecule has 0 bridgehead atoms. The number of rotatable bonds is 5. The molecule has 0 aromatic carbocycles. The first-order chi connectivity index (χ1) is 7.19. The summed E-state index contributed by atoms with van der Waals surface area (Å²) in [5.74, 6) is 0.714. The highest BCUT2D eigenvalue weighted by Gasteiger charge is 2.06. The fourth-order valence-electron chi connectivity index (χ4n) is 1.17. The summed E-state index contributed by atoms with van der Waals surface area (Å²) in [6, 6.07) is 0. The minimum absolute atomic E-state index is 0.0899. The van der Waals surface area contributed by atoms with E-state index in [9.17, 15) is 0 Å². The van der Waals surface area contributed by atoms with Gasteiger partial charge in [-0.15, -0.1) is 0 Å². The molecule has 0 atom stereocenters. The molecule has 1 rings (SSSR count). The van der Waals surface area contributed by atoms with Gasteiger partial charge in [-0.3, -0.25) is 0 Å². The van der Waals surface area contributed by atoms with E-state index >= 15 is 0 Å². The Morgan fingerprint density at radius 2 is 2.27 bits per heavy atom. The molecule has 15 heavy (non-hydrogen) atoms. The molecule has 1 aromatic rings. The number of hydrogen-bond donors (Lipinski definition) is 2. The second kappa shape index (κ2) is 5.57. The lowest BCUT2D eigenvalue weighted by molar-refractivity contribution is 0.302. The fourth-order valence-corrected chi connectivity index (χ4v) is 1.27. The lowest BCUT2D eigenvalue weighted by Gasteiger charge is -2.20. The van der Waals surface area contributed by atoms with Gasteiger partial charge < -0.3 is 15.7 Å². The van der Waals surface area contributed by atoms with Crippen molar-refractivity contribution in [3.63, 3.8) is 0 Å². The topological polar surface area (TPSA) is 75.3 Å². The molecule has 0 fully saturated rings. The highest BCUT2D eigenvalue weighted by Crippen LogP contribution is 2.07. The molecule has 0 unspecified atom stereocenters. The van der Waals surface area contributed by atoms with Crippen molar-refractivity contribution in [3.05, 3.63) is 18.1 Å². The molecule has 6 heteroatoms. The Balaban J connectivity index is 2.81. The zero-order valence-corrected chi connectivity index (χ0v) is 9.37. The van der Waals surface area contributed by atoms with Crippen molar-refractivity contribution in [2.45, 2.75) is 6.92 Å². The molecule has 0 saturated heterocycles. The van der Waals surface area contributed by atoms with Crippen LogP contribution in [0.4, 0.5) is 5.82 Å². The number of likely N-dealkylation sites (N-methyl/N-ethyl adjacent to an activating group) is 1. The number of aliphatic hydroxyl groups is 1. The Kier molecular flexibility index (Phi) is 4.38. The second-order valence-electron chi connectivity index (χ2n) is 2.93. The Hall–Kier alpha value is -1.27. The van der Waals surface area contributed by atoms with E-state index in [1.807, 2.05) is 11.8 Å². The smallest absolute Gasteiger partial charge is 0.147 e. The average Bonchev–Trinajstić information content (AvgIpc) is 2.26. The summed E-state index contributed by atoms with van der Waals surface area (Å²) in [6.45, 7) is 3.38. The Bertz CT molecular complexity index is 327. The zero-order chi connectivity index (χ0) is 11.3. The van der Waals surface area contributed by atoms with Crippen LogP contribution in [-0.2, 0) is 0 Å². The first-order valence-corrected chi connectivity index (χ1v) is 5.07. The van der Waals surface area contributed by atoms with E-state index in [1.165, 1.54) is 6.20 Å². The number of anilines is 1. The Labute approximate surface area is 93.9 Å². The SMILES string of the molecule is CCN(CCO)c1cnc(C(N)=S)cn1. The molecule has 0 spiro atoms. The van der Waals surface area contributed by atoms with Crippen LogP contribution in [0.1, 0.15) is 12.6 Å². The summed E-state index contributed by atoms with van der Waals surface area (Å²) in [5, 5.41) is 8.84. The zero-order valence-electron chi connectivity index (χ0n) is 8.55. The first kappa shape index (κ1) is 11.8. The fraction of sp³-hybridized carbons (Fsp3) is 0.444. The maximum Gasteiger partial charge on any atom is 0.147 e. The summed E-state index contributed by atoms with van der Waals surface area (Å²) in [4.78, 5) is 10.4. The number of aliphatic hydroxyl groups excluding tert-OH is 1. The first-order valence-electron chi connectivity index (χ1n) is 4.66. The minimum atomic E-state index is 0.0899. The van der Waals surface area contributed by atoms with Gasteiger partial charge in [0, 0.05) is 13.1 Å². The van der Waals surface area contributed by atoms with Crippen LogP contribution >= 0.6 is 12.2 Å². The maximum atomic E-state index is 8.84. The third-order valence-corrected chi connectivity index (χ3v) is 2.18. The predicted octanol–water partition coefficient (Wildman–Crippen LogP) is -0.0706. The minimum Gasteiger partial charge on any atom is -0.395 e. The largest absolute Gasteiger partial charge is 0.395 e. The normalized spacial score (nSPS) is 10.0. The molecule has 5 nitrogen and oxygen atoms in total. The van der Waals surface area contributed by atoms with Crippen LogP contribution in [0, 0.1) is 0 Å². The van der Waals surface area contributed by atoms with Gasteiger partial charge in [-0.1, -0.05) is 12.2 Å². The number of nitrogens with two attached hydrogens (primary N) is 1. The Morgan fingerprint density at radius 3 is 2.67 bits per heavy atom. The molecule has 0 radical (unpaired) electrons. The van der Waals surface area contributed by atoms with Crippen LogP contribution in [0.15, 0.2) is 12.4 Å². The third-order valence-electron chi connectivity index (χ3n) is 1.97. The maximum absolute atomic E-state index is 8.84. The van der Waals surface area contributed by atoms with Gasteiger partial charge >= 0.3 is 0 Å². The highest BCUT2D eigenvalue weighted by atomic mass is 32.1. The number of aromatic nitrogens is 2. The van der Waals surface area contributed by atoms with E-state index in [2.05, 4.69) is 9.97 Å². The van der Waals surface area contributed by atoms with E-state index in [-0.39, 0.29) is 11.6 Å². The van der Waals surface area contributed by atoms with Crippen LogP contribution in [0.3, 0.4) is 0 Å². The molecule has 1 aromatic heterocycles. The van der Waals surface area contributed by atoms with E-state index in [0.29, 0.717) is 18.1 Å². The lowest BCUT2D eigenvalue weighted by atomic mass is 10.4. The average molecular weight is 226 g/mol. The van der Waals surface area contributed by atoms with Gasteiger partial charge in [-0.2, -0.15) is 0 Å². The van der Waals surface area contributed by atoms with Gasteiger partial charge in [0.2, 0.25) is 0 Å². The molecule has 3 N–H and O–H groups in total. The number of nitrogens with zero attached hydrogens (tertiary/aromatic N) is 3. The number of thiocarbonyl (C=S) groups is 1. The standard InChI is InChI=1S/C9H14N4OS/c1-2-13(3-4-14)8-6-11-7(5-12-8)9(10)15/h5-6,14H,2-4H2,1H3,(H2,10,15). The van der Waals surface area contributed by atoms with Gasteiger partial charge in [-0.05, 0) is 6.92 Å². The van der Waals surface area contributed by atoms with Crippen molar-refractivity contribution in [3.8, 4) is 0 Å². The lowest BCUT2D eigenvalue weighted by Crippen LogP contribution is -2.27. The summed E-state index contributed by atoms with van der Waals surface area (Å²) in [6.07, 6.45) is 3.14. The monoisotopic (exact) mass is 226 g/mol. The summed E-state index contributed by atoms with van der Waals surface area (Å²) >= 11 is 4.77. The molecular weight excluding hydrogens is 212 g/mol. The summed E-state index contributed by atoms with van der Waals surface area (Å²) in [7, 11) is 0. The van der Waals surface area contributed by atoms with E-state index in [1.54, 1.807) is 6.20 Å². The van der Waals surface area contributed by atoms with Gasteiger partial charge in [0.25, 0.3) is 0 Å². The van der Waals surface area contributed by atoms with Crippen molar-refractivity contribution < 1.29 is 5.11 Å². The summed E-state index contributed by atoms with van der Waals surface area (Å²) < 4.78 is 0. The van der Waals surface area contributed by atoms with Crippen molar-refractivity contribution in [1.29, 1.82) is 0 Å². The molecular formula is C9H14N4OS. The van der Waals surface area contributed by atoms with E-state index in [4.69, 9.17) is 23.1 Å². The Morgan fingerprint density at radius 1 is 1.53 bits per heavy atom. The van der Waals surface area contributed by atoms with Crippen molar-refractivity contribution in [1.82, 2.24) is 9.97 Å². The second-order valence-corrected chi connectivity index (χ2v) is 3.37. The van der Waals surface area contributed by atoms with E-state index in [0.717, 1.165) is 6.54 Å². The predicted molar refractivity (Wildman–Crippen MR) is 62.9 cm³/mol. The molecule has 0 aliphatic heterocycles. The van der Waals surface area contributed by atoms with Crippen LogP contribution in [0.2, 0.25) is 0 Å². The molecule has 0 aliphatic rings. The summed E-state index contributed by atoms with van der Waals surface area (Å²) in [5.41, 5.74) is 5.91. The van der Waals surface area contributed by atoms with Crippen molar-refractivity contribution in [2.24, 2.45) is 5.73 Å². The van der Waals surface area contributed by atoms with Crippen LogP contribution in [-0.4, -0.2) is 39.8 Å². The van der Waals surface area contributed by atoms with Crippen LogP contribution < -0.4 is 10.6 Å². The number of hydrogen-bond acceptors (Lipinski definition) is 5. The van der Waals surface area contributed by atoms with Gasteiger partial charge in [0.05, 0.1) is 19.0 Å². The van der Waals surface area contributed by atoms with Gasteiger partial charge in [-0.25, -0.2) is 9.97 Å². The van der Waals surface area contributed by atoms with E-state index < -0.39 is 0 Å². The molecule has 0 saturated carbocycles. The van der Waals surface area contributed by atoms with Crippen LogP contribution in [0.25, 0.3) is 0 Å².